The number of amides is 2. The smallest absolute Gasteiger partial charge is 0.408 e. The summed E-state index contributed by atoms with van der Waals surface area (Å²) in [5.74, 6) is -0.531. The Hall–Kier alpha value is -3.01. The molecule has 2 aromatic rings. The highest BCUT2D eigenvalue weighted by molar-refractivity contribution is 7.09. The molecule has 0 aliphatic rings. The van der Waals surface area contributed by atoms with Crippen molar-refractivity contribution < 1.29 is 19.2 Å². The van der Waals surface area contributed by atoms with E-state index in [1.54, 1.807) is 32.9 Å². The average molecular weight is 477 g/mol. The fourth-order valence-corrected chi connectivity index (χ4v) is 4.02. The SMILES string of the molecule is CCc1csc([C@H](Cc2ccc([N+](=O)[O-])cc2)NC(=O)[C@@H](NC(=O)OC(C)(C)C)C(C)C)n1. The minimum absolute atomic E-state index is 0.00304. The van der Waals surface area contributed by atoms with Gasteiger partial charge in [0.25, 0.3) is 5.69 Å². The number of alkyl carbamates (subject to hydrolysis) is 1. The Bertz CT molecular complexity index is 966. The van der Waals surface area contributed by atoms with E-state index < -0.39 is 28.7 Å². The molecule has 0 saturated heterocycles. The lowest BCUT2D eigenvalue weighted by Gasteiger charge is -2.27. The number of nitrogens with zero attached hydrogens (tertiary/aromatic N) is 2. The number of non-ortho nitro benzene ring substituents is 1. The number of carbonyl (C=O) groups is 2. The van der Waals surface area contributed by atoms with Crippen LogP contribution < -0.4 is 10.6 Å². The fraction of sp³-hybridized carbons (Fsp3) is 0.522. The molecule has 0 aliphatic carbocycles. The van der Waals surface area contributed by atoms with Gasteiger partial charge in [0.2, 0.25) is 5.91 Å². The number of thiazole rings is 1. The van der Waals surface area contributed by atoms with Crippen LogP contribution in [0.25, 0.3) is 0 Å². The minimum Gasteiger partial charge on any atom is -0.444 e. The Morgan fingerprint density at radius 3 is 2.30 bits per heavy atom. The summed E-state index contributed by atoms with van der Waals surface area (Å²) in [7, 11) is 0. The first-order chi connectivity index (χ1) is 15.4. The summed E-state index contributed by atoms with van der Waals surface area (Å²) < 4.78 is 5.31. The van der Waals surface area contributed by atoms with Crippen molar-refractivity contribution in [3.8, 4) is 0 Å². The molecule has 0 bridgehead atoms. The van der Waals surface area contributed by atoms with Crippen molar-refractivity contribution in [1.29, 1.82) is 0 Å². The summed E-state index contributed by atoms with van der Waals surface area (Å²) in [6, 6.07) is 4.97. The molecule has 10 heteroatoms. The third kappa shape index (κ3) is 8.12. The summed E-state index contributed by atoms with van der Waals surface area (Å²) in [6.07, 6.45) is 0.507. The van der Waals surface area contributed by atoms with Crippen molar-refractivity contribution >= 4 is 29.0 Å². The van der Waals surface area contributed by atoms with Crippen LogP contribution in [-0.4, -0.2) is 33.6 Å². The second-order valence-electron chi connectivity index (χ2n) is 9.09. The summed E-state index contributed by atoms with van der Waals surface area (Å²) in [5.41, 5.74) is 1.06. The molecule has 0 radical (unpaired) electrons. The average Bonchev–Trinajstić information content (AvgIpc) is 3.19. The Balaban J connectivity index is 2.23. The summed E-state index contributed by atoms with van der Waals surface area (Å²) >= 11 is 1.45. The second kappa shape index (κ2) is 11.2. The van der Waals surface area contributed by atoms with Crippen LogP contribution in [0.1, 0.15) is 63.8 Å². The van der Waals surface area contributed by atoms with E-state index in [1.165, 1.54) is 23.5 Å². The molecule has 0 aliphatic heterocycles. The van der Waals surface area contributed by atoms with E-state index in [9.17, 15) is 19.7 Å². The predicted octanol–water partition coefficient (Wildman–Crippen LogP) is 4.56. The maximum atomic E-state index is 13.2. The Morgan fingerprint density at radius 1 is 1.18 bits per heavy atom. The number of aromatic nitrogens is 1. The van der Waals surface area contributed by atoms with Gasteiger partial charge in [-0.05, 0) is 45.1 Å². The molecular formula is C23H32N4O5S. The number of carbonyl (C=O) groups excluding carboxylic acids is 2. The molecule has 180 valence electrons. The standard InChI is InChI=1S/C23H32N4O5S/c1-7-16-13-33-21(24-16)18(12-15-8-10-17(11-9-15)27(30)31)25-20(28)19(14(2)3)26-22(29)32-23(4,5)6/h8-11,13-14,18-19H,7,12H2,1-6H3,(H,25,28)(H,26,29)/t18-,19-/m0/s1. The Labute approximate surface area is 198 Å². The Morgan fingerprint density at radius 2 is 1.82 bits per heavy atom. The highest BCUT2D eigenvalue weighted by atomic mass is 32.1. The number of aryl methyl sites for hydroxylation is 1. The van der Waals surface area contributed by atoms with Crippen LogP contribution >= 0.6 is 11.3 Å². The van der Waals surface area contributed by atoms with E-state index in [0.29, 0.717) is 6.42 Å². The highest BCUT2D eigenvalue weighted by Crippen LogP contribution is 2.24. The molecule has 9 nitrogen and oxygen atoms in total. The van der Waals surface area contributed by atoms with Crippen LogP contribution in [0.5, 0.6) is 0 Å². The third-order valence-corrected chi connectivity index (χ3v) is 5.76. The molecule has 2 rings (SSSR count). The normalized spacial score (nSPS) is 13.3. The lowest BCUT2D eigenvalue weighted by molar-refractivity contribution is -0.384. The maximum Gasteiger partial charge on any atom is 0.408 e. The zero-order chi connectivity index (χ0) is 24.8. The van der Waals surface area contributed by atoms with Gasteiger partial charge in [-0.3, -0.25) is 14.9 Å². The number of nitro benzene ring substituents is 1. The number of hydrogen-bond donors (Lipinski definition) is 2. The molecule has 1 aromatic heterocycles. The van der Waals surface area contributed by atoms with Gasteiger partial charge < -0.3 is 15.4 Å². The number of rotatable bonds is 9. The molecular weight excluding hydrogens is 444 g/mol. The summed E-state index contributed by atoms with van der Waals surface area (Å²) in [6.45, 7) is 10.9. The van der Waals surface area contributed by atoms with Gasteiger partial charge in [0.05, 0.1) is 16.7 Å². The van der Waals surface area contributed by atoms with E-state index >= 15 is 0 Å². The van der Waals surface area contributed by atoms with Gasteiger partial charge >= 0.3 is 6.09 Å². The van der Waals surface area contributed by atoms with E-state index in [1.807, 2.05) is 26.2 Å². The first kappa shape index (κ1) is 26.2. The van der Waals surface area contributed by atoms with Gasteiger partial charge in [0, 0.05) is 17.5 Å². The zero-order valence-corrected chi connectivity index (χ0v) is 20.7. The van der Waals surface area contributed by atoms with E-state index in [2.05, 4.69) is 15.6 Å². The van der Waals surface area contributed by atoms with Gasteiger partial charge in [0.15, 0.2) is 0 Å². The molecule has 1 aromatic carbocycles. The van der Waals surface area contributed by atoms with Gasteiger partial charge in [0.1, 0.15) is 16.7 Å². The topological polar surface area (TPSA) is 123 Å². The molecule has 0 saturated carbocycles. The summed E-state index contributed by atoms with van der Waals surface area (Å²) in [5, 5.41) is 19.3. The molecule has 1 heterocycles. The van der Waals surface area contributed by atoms with Crippen molar-refractivity contribution in [2.45, 2.75) is 72.1 Å². The minimum atomic E-state index is -0.801. The molecule has 0 fully saturated rings. The third-order valence-electron chi connectivity index (χ3n) is 4.75. The lowest BCUT2D eigenvalue weighted by atomic mass is 10.0. The van der Waals surface area contributed by atoms with Gasteiger partial charge in [-0.1, -0.05) is 32.9 Å². The monoisotopic (exact) mass is 476 g/mol. The van der Waals surface area contributed by atoms with Crippen molar-refractivity contribution in [3.05, 3.63) is 56.0 Å². The van der Waals surface area contributed by atoms with Crippen LogP contribution in [0.2, 0.25) is 0 Å². The van der Waals surface area contributed by atoms with E-state index in [0.717, 1.165) is 22.7 Å². The van der Waals surface area contributed by atoms with Gasteiger partial charge in [-0.25, -0.2) is 9.78 Å². The van der Waals surface area contributed by atoms with Crippen molar-refractivity contribution in [3.63, 3.8) is 0 Å². The largest absolute Gasteiger partial charge is 0.444 e. The van der Waals surface area contributed by atoms with Crippen molar-refractivity contribution in [1.82, 2.24) is 15.6 Å². The molecule has 0 spiro atoms. The highest BCUT2D eigenvalue weighted by Gasteiger charge is 2.29. The van der Waals surface area contributed by atoms with Crippen LogP contribution in [0, 0.1) is 16.0 Å². The lowest BCUT2D eigenvalue weighted by Crippen LogP contribution is -2.51. The van der Waals surface area contributed by atoms with Crippen LogP contribution in [0.15, 0.2) is 29.6 Å². The zero-order valence-electron chi connectivity index (χ0n) is 19.9. The van der Waals surface area contributed by atoms with Crippen molar-refractivity contribution in [2.24, 2.45) is 5.92 Å². The molecule has 2 atom stereocenters. The number of nitrogens with one attached hydrogen (secondary N) is 2. The first-order valence-electron chi connectivity index (χ1n) is 10.9. The second-order valence-corrected chi connectivity index (χ2v) is 9.98. The van der Waals surface area contributed by atoms with Crippen LogP contribution in [-0.2, 0) is 22.4 Å². The van der Waals surface area contributed by atoms with Gasteiger partial charge in [-0.2, -0.15) is 0 Å². The fourth-order valence-electron chi connectivity index (χ4n) is 3.07. The molecule has 2 amide bonds. The molecule has 33 heavy (non-hydrogen) atoms. The van der Waals surface area contributed by atoms with Gasteiger partial charge in [-0.15, -0.1) is 11.3 Å². The quantitative estimate of drug-likeness (QED) is 0.404. The number of benzene rings is 1. The number of nitro groups is 1. The Kier molecular flexibility index (Phi) is 8.92. The first-order valence-corrected chi connectivity index (χ1v) is 11.7. The van der Waals surface area contributed by atoms with E-state index in [4.69, 9.17) is 4.74 Å². The molecule has 2 N–H and O–H groups in total. The predicted molar refractivity (Wildman–Crippen MR) is 127 cm³/mol. The van der Waals surface area contributed by atoms with Crippen molar-refractivity contribution in [2.75, 3.05) is 0 Å². The number of ether oxygens (including phenoxy) is 1. The maximum absolute atomic E-state index is 13.2. The van der Waals surface area contributed by atoms with Crippen LogP contribution in [0.4, 0.5) is 10.5 Å². The van der Waals surface area contributed by atoms with Crippen LogP contribution in [0.3, 0.4) is 0 Å². The summed E-state index contributed by atoms with van der Waals surface area (Å²) in [4.78, 5) is 40.6. The number of hydrogen-bond acceptors (Lipinski definition) is 7. The van der Waals surface area contributed by atoms with E-state index in [-0.39, 0.29) is 17.5 Å². The molecule has 0 unspecified atom stereocenters.